The second-order valence-corrected chi connectivity index (χ2v) is 5.97. The molecule has 1 saturated carbocycles. The van der Waals surface area contributed by atoms with Crippen LogP contribution in [0, 0.1) is 5.21 Å². The fraction of sp³-hybridized carbons (Fsp3) is 0.600. The molecule has 0 aromatic heterocycles. The van der Waals surface area contributed by atoms with Gasteiger partial charge in [0.05, 0.1) is 6.04 Å². The highest BCUT2D eigenvalue weighted by atomic mass is 16.5. The van der Waals surface area contributed by atoms with Crippen LogP contribution in [0.25, 0.3) is 0 Å². The molecular formula is C15H21NO4. The van der Waals surface area contributed by atoms with Crippen molar-refractivity contribution in [3.63, 3.8) is 0 Å². The SMILES string of the molecule is [O-][NH+](C1CCCC1)[C@H]1CCc2c(ccc(O)c2O)[C@H]1O. The molecule has 4 N–H and O–H groups in total. The van der Waals surface area contributed by atoms with Gasteiger partial charge in [0.2, 0.25) is 0 Å². The van der Waals surface area contributed by atoms with Crippen LogP contribution in [0.5, 0.6) is 11.5 Å². The van der Waals surface area contributed by atoms with Gasteiger partial charge >= 0.3 is 0 Å². The zero-order chi connectivity index (χ0) is 14.3. The summed E-state index contributed by atoms with van der Waals surface area (Å²) in [4.78, 5) is 0. The van der Waals surface area contributed by atoms with E-state index in [1.54, 1.807) is 6.07 Å². The number of quaternary nitrogens is 1. The minimum atomic E-state index is -0.863. The molecule has 2 aliphatic carbocycles. The Morgan fingerprint density at radius 3 is 2.50 bits per heavy atom. The Balaban J connectivity index is 1.85. The molecule has 0 spiro atoms. The first-order chi connectivity index (χ1) is 9.59. The maximum Gasteiger partial charge on any atom is 0.161 e. The van der Waals surface area contributed by atoms with E-state index in [0.29, 0.717) is 24.0 Å². The van der Waals surface area contributed by atoms with Crippen LogP contribution in [-0.2, 0) is 6.42 Å². The summed E-state index contributed by atoms with van der Waals surface area (Å²) < 4.78 is 0. The fourth-order valence-corrected chi connectivity index (χ4v) is 3.66. The quantitative estimate of drug-likeness (QED) is 0.476. The lowest BCUT2D eigenvalue weighted by molar-refractivity contribution is -0.906. The molecule has 0 heterocycles. The van der Waals surface area contributed by atoms with Crippen LogP contribution in [0.4, 0.5) is 0 Å². The molecule has 1 unspecified atom stereocenters. The summed E-state index contributed by atoms with van der Waals surface area (Å²) in [5.74, 6) is -0.329. The Bertz CT molecular complexity index is 499. The van der Waals surface area contributed by atoms with Gasteiger partial charge in [0, 0.05) is 12.0 Å². The van der Waals surface area contributed by atoms with E-state index in [2.05, 4.69) is 0 Å². The van der Waals surface area contributed by atoms with Crippen molar-refractivity contribution < 1.29 is 20.4 Å². The molecule has 1 aromatic carbocycles. The Labute approximate surface area is 118 Å². The van der Waals surface area contributed by atoms with E-state index in [9.17, 15) is 20.5 Å². The van der Waals surface area contributed by atoms with Gasteiger partial charge in [-0.2, -0.15) is 0 Å². The molecule has 0 aliphatic heterocycles. The van der Waals surface area contributed by atoms with Crippen molar-refractivity contribution in [2.24, 2.45) is 0 Å². The van der Waals surface area contributed by atoms with E-state index in [1.165, 1.54) is 6.07 Å². The number of phenols is 2. The number of phenolic OH excluding ortho intramolecular Hbond substituents is 2. The van der Waals surface area contributed by atoms with Crippen LogP contribution in [-0.4, -0.2) is 27.4 Å². The summed E-state index contributed by atoms with van der Waals surface area (Å²) in [6.45, 7) is 0. The van der Waals surface area contributed by atoms with Crippen molar-refractivity contribution in [3.8, 4) is 11.5 Å². The zero-order valence-electron chi connectivity index (χ0n) is 11.4. The van der Waals surface area contributed by atoms with Crippen LogP contribution >= 0.6 is 0 Å². The van der Waals surface area contributed by atoms with Crippen molar-refractivity contribution in [1.82, 2.24) is 0 Å². The Morgan fingerprint density at radius 2 is 1.80 bits per heavy atom. The lowest BCUT2D eigenvalue weighted by atomic mass is 9.84. The minimum absolute atomic E-state index is 0.0990. The third-order valence-corrected chi connectivity index (χ3v) is 4.83. The molecule has 110 valence electrons. The summed E-state index contributed by atoms with van der Waals surface area (Å²) in [6.07, 6.45) is 4.29. The molecule has 3 rings (SSSR count). The molecular weight excluding hydrogens is 258 g/mol. The van der Waals surface area contributed by atoms with E-state index < -0.39 is 6.10 Å². The predicted octanol–water partition coefficient (Wildman–Crippen LogP) is 0.771. The van der Waals surface area contributed by atoms with Crippen LogP contribution < -0.4 is 5.06 Å². The number of hydrogen-bond acceptors (Lipinski definition) is 4. The topological polar surface area (TPSA) is 88.2 Å². The van der Waals surface area contributed by atoms with Gasteiger partial charge in [-0.25, -0.2) is 0 Å². The number of hydrogen-bond donors (Lipinski definition) is 4. The Hall–Kier alpha value is -1.30. The molecule has 1 fully saturated rings. The van der Waals surface area contributed by atoms with Gasteiger partial charge in [-0.05, 0) is 43.7 Å². The monoisotopic (exact) mass is 279 g/mol. The predicted molar refractivity (Wildman–Crippen MR) is 73.4 cm³/mol. The van der Waals surface area contributed by atoms with E-state index in [-0.39, 0.29) is 28.6 Å². The van der Waals surface area contributed by atoms with Crippen molar-refractivity contribution in [2.45, 2.75) is 56.7 Å². The second-order valence-electron chi connectivity index (χ2n) is 5.97. The van der Waals surface area contributed by atoms with Crippen LogP contribution in [0.1, 0.15) is 49.3 Å². The first-order valence-electron chi connectivity index (χ1n) is 7.35. The van der Waals surface area contributed by atoms with Crippen molar-refractivity contribution in [1.29, 1.82) is 0 Å². The molecule has 5 nitrogen and oxygen atoms in total. The number of hydroxylamine groups is 2. The molecule has 5 heteroatoms. The zero-order valence-corrected chi connectivity index (χ0v) is 11.4. The third-order valence-electron chi connectivity index (χ3n) is 4.83. The van der Waals surface area contributed by atoms with E-state index >= 15 is 0 Å². The first kappa shape index (κ1) is 13.7. The average Bonchev–Trinajstić information content (AvgIpc) is 2.97. The van der Waals surface area contributed by atoms with Crippen LogP contribution in [0.3, 0.4) is 0 Å². The van der Waals surface area contributed by atoms with Gasteiger partial charge in [-0.3, -0.25) is 0 Å². The highest BCUT2D eigenvalue weighted by Gasteiger charge is 2.37. The van der Waals surface area contributed by atoms with Gasteiger partial charge in [-0.1, -0.05) is 6.07 Å². The maximum absolute atomic E-state index is 12.5. The number of rotatable bonds is 2. The minimum Gasteiger partial charge on any atom is -0.634 e. The molecule has 0 amide bonds. The Kier molecular flexibility index (Phi) is 3.58. The number of benzene rings is 1. The molecule has 0 saturated heterocycles. The van der Waals surface area contributed by atoms with Gasteiger partial charge in [0.15, 0.2) is 11.5 Å². The van der Waals surface area contributed by atoms with E-state index in [0.717, 1.165) is 25.7 Å². The fourth-order valence-electron chi connectivity index (χ4n) is 3.66. The van der Waals surface area contributed by atoms with Crippen molar-refractivity contribution in [3.05, 3.63) is 28.5 Å². The van der Waals surface area contributed by atoms with Crippen molar-refractivity contribution >= 4 is 0 Å². The highest BCUT2D eigenvalue weighted by molar-refractivity contribution is 5.51. The lowest BCUT2D eigenvalue weighted by Crippen LogP contribution is -3.15. The molecule has 0 radical (unpaired) electrons. The Morgan fingerprint density at radius 1 is 1.10 bits per heavy atom. The van der Waals surface area contributed by atoms with Crippen LogP contribution in [0.2, 0.25) is 0 Å². The molecule has 2 aliphatic rings. The lowest BCUT2D eigenvalue weighted by Gasteiger charge is -2.41. The summed E-state index contributed by atoms with van der Waals surface area (Å²) >= 11 is 0. The van der Waals surface area contributed by atoms with Crippen LogP contribution in [0.15, 0.2) is 12.1 Å². The number of fused-ring (bicyclic) bond motifs is 1. The second kappa shape index (κ2) is 5.24. The third kappa shape index (κ3) is 2.16. The standard InChI is InChI=1S/C15H21NO4/c17-13-8-6-10-11(15(13)19)5-7-12(14(10)18)16(20)9-3-1-2-4-9/h6,8-9,12,14,16-19H,1-5,7H2/t12-,14+/m0/s1. The molecule has 3 atom stereocenters. The smallest absolute Gasteiger partial charge is 0.161 e. The molecule has 0 bridgehead atoms. The summed E-state index contributed by atoms with van der Waals surface area (Å²) in [6, 6.07) is 2.72. The number of aliphatic hydroxyl groups excluding tert-OH is 1. The summed E-state index contributed by atoms with van der Waals surface area (Å²) in [5.41, 5.74) is 1.16. The van der Waals surface area contributed by atoms with E-state index in [4.69, 9.17) is 0 Å². The molecule has 20 heavy (non-hydrogen) atoms. The highest BCUT2D eigenvalue weighted by Crippen LogP contribution is 2.39. The number of aliphatic hydroxyl groups is 1. The van der Waals surface area contributed by atoms with Gasteiger partial charge < -0.3 is 25.6 Å². The summed E-state index contributed by atoms with van der Waals surface area (Å²) in [7, 11) is 0. The first-order valence-corrected chi connectivity index (χ1v) is 7.35. The van der Waals surface area contributed by atoms with Crippen molar-refractivity contribution in [2.75, 3.05) is 0 Å². The average molecular weight is 279 g/mol. The van der Waals surface area contributed by atoms with E-state index in [1.807, 2.05) is 0 Å². The number of aromatic hydroxyl groups is 2. The largest absolute Gasteiger partial charge is 0.634 e. The number of nitrogens with one attached hydrogen (secondary N) is 1. The van der Waals surface area contributed by atoms with Gasteiger partial charge in [0.1, 0.15) is 12.1 Å². The molecule has 1 aromatic rings. The summed E-state index contributed by atoms with van der Waals surface area (Å²) in [5, 5.41) is 42.5. The maximum atomic E-state index is 12.5. The van der Waals surface area contributed by atoms with Gasteiger partial charge in [0.25, 0.3) is 0 Å². The van der Waals surface area contributed by atoms with Gasteiger partial charge in [-0.15, -0.1) is 0 Å². The normalized spacial score (nSPS) is 28.3.